The number of hydrogen-bond acceptors (Lipinski definition) is 3. The van der Waals surface area contributed by atoms with E-state index in [1.54, 1.807) is 24.3 Å². The number of hydrogen-bond donors (Lipinski definition) is 3. The number of urea groups is 1. The smallest absolute Gasteiger partial charge is 0.319 e. The second kappa shape index (κ2) is 8.43. The molecule has 2 amide bonds. The van der Waals surface area contributed by atoms with Gasteiger partial charge in [0.2, 0.25) is 10.0 Å². The number of nitrogens with one attached hydrogen (secondary N) is 3. The lowest BCUT2D eigenvalue weighted by molar-refractivity contribution is 0.247. The quantitative estimate of drug-likeness (QED) is 0.699. The molecular formula is C20H25N3O3S. The molecule has 0 fully saturated rings. The van der Waals surface area contributed by atoms with Crippen LogP contribution < -0.4 is 15.4 Å². The number of carbonyl (C=O) groups is 1. The van der Waals surface area contributed by atoms with Crippen molar-refractivity contribution in [3.05, 3.63) is 59.7 Å². The molecule has 3 N–H and O–H groups in total. The summed E-state index contributed by atoms with van der Waals surface area (Å²) in [6, 6.07) is 14.6. The summed E-state index contributed by atoms with van der Waals surface area (Å²) in [7, 11) is -3.32. The topological polar surface area (TPSA) is 87.3 Å². The van der Waals surface area contributed by atoms with Crippen LogP contribution in [-0.2, 0) is 16.4 Å². The average Bonchev–Trinajstić information content (AvgIpc) is 2.63. The van der Waals surface area contributed by atoms with Gasteiger partial charge in [-0.05, 0) is 61.1 Å². The van der Waals surface area contributed by atoms with Gasteiger partial charge >= 0.3 is 6.03 Å². The van der Waals surface area contributed by atoms with Crippen molar-refractivity contribution in [2.45, 2.75) is 38.6 Å². The largest absolute Gasteiger partial charge is 0.331 e. The number of anilines is 2. The van der Waals surface area contributed by atoms with E-state index in [0.717, 1.165) is 19.3 Å². The molecule has 6 nitrogen and oxygen atoms in total. The van der Waals surface area contributed by atoms with Gasteiger partial charge in [-0.2, -0.15) is 0 Å². The Morgan fingerprint density at radius 1 is 1.07 bits per heavy atom. The lowest BCUT2D eigenvalue weighted by Gasteiger charge is -2.26. The number of sulfonamides is 1. The van der Waals surface area contributed by atoms with Gasteiger partial charge in [0.25, 0.3) is 0 Å². The molecule has 1 aliphatic carbocycles. The third-order valence-corrected chi connectivity index (χ3v) is 6.06. The van der Waals surface area contributed by atoms with E-state index in [2.05, 4.69) is 27.5 Å². The lowest BCUT2D eigenvalue weighted by Crippen LogP contribution is -2.34. The second-order valence-electron chi connectivity index (χ2n) is 6.74. The van der Waals surface area contributed by atoms with Crippen molar-refractivity contribution in [3.63, 3.8) is 0 Å². The van der Waals surface area contributed by atoms with E-state index >= 15 is 0 Å². The Balaban J connectivity index is 1.59. The van der Waals surface area contributed by atoms with Gasteiger partial charge < -0.3 is 10.6 Å². The van der Waals surface area contributed by atoms with Crippen molar-refractivity contribution < 1.29 is 13.2 Å². The average molecular weight is 388 g/mol. The van der Waals surface area contributed by atoms with E-state index < -0.39 is 10.0 Å². The van der Waals surface area contributed by atoms with Gasteiger partial charge in [-0.15, -0.1) is 0 Å². The molecule has 2 aromatic carbocycles. The van der Waals surface area contributed by atoms with Crippen molar-refractivity contribution in [3.8, 4) is 0 Å². The van der Waals surface area contributed by atoms with Crippen LogP contribution in [0.15, 0.2) is 48.5 Å². The first kappa shape index (κ1) is 19.2. The van der Waals surface area contributed by atoms with Gasteiger partial charge in [0.15, 0.2) is 0 Å². The van der Waals surface area contributed by atoms with Gasteiger partial charge in [0.1, 0.15) is 0 Å². The maximum atomic E-state index is 12.4. The summed E-state index contributed by atoms with van der Waals surface area (Å²) in [5.74, 6) is 0.0816. The summed E-state index contributed by atoms with van der Waals surface area (Å²) in [5.41, 5.74) is 3.56. The molecule has 0 bridgehead atoms. The fourth-order valence-electron chi connectivity index (χ4n) is 3.35. The summed E-state index contributed by atoms with van der Waals surface area (Å²) in [4.78, 5) is 12.4. The highest BCUT2D eigenvalue weighted by molar-refractivity contribution is 7.92. The maximum absolute atomic E-state index is 12.4. The summed E-state index contributed by atoms with van der Waals surface area (Å²) >= 11 is 0. The summed E-state index contributed by atoms with van der Waals surface area (Å²) in [6.07, 6.45) is 3.57. The lowest BCUT2D eigenvalue weighted by atomic mass is 9.88. The molecule has 1 atom stereocenters. The van der Waals surface area contributed by atoms with Crippen LogP contribution in [0.5, 0.6) is 0 Å². The number of amides is 2. The maximum Gasteiger partial charge on any atom is 0.319 e. The van der Waals surface area contributed by atoms with Gasteiger partial charge in [0, 0.05) is 11.4 Å². The minimum absolute atomic E-state index is 0.00933. The molecule has 0 saturated heterocycles. The molecule has 0 heterocycles. The first-order valence-electron chi connectivity index (χ1n) is 9.23. The van der Waals surface area contributed by atoms with Crippen molar-refractivity contribution in [1.82, 2.24) is 5.32 Å². The van der Waals surface area contributed by atoms with Crippen LogP contribution in [0.1, 0.15) is 43.4 Å². The Hall–Kier alpha value is -2.54. The Bertz CT molecular complexity index is 895. The molecule has 27 heavy (non-hydrogen) atoms. The van der Waals surface area contributed by atoms with Crippen LogP contribution in [0.4, 0.5) is 16.2 Å². The molecule has 0 spiro atoms. The molecule has 2 aromatic rings. The fraction of sp³-hybridized carbons (Fsp3) is 0.350. The van der Waals surface area contributed by atoms with E-state index in [1.807, 2.05) is 19.1 Å². The SMILES string of the molecule is CCCS(=O)(=O)Nc1ccc(NC(=O)NC2CCCc3ccccc32)cc1. The standard InChI is InChI=1S/C20H25N3O3S/c1-2-14-27(25,26)23-17-12-10-16(11-13-17)21-20(24)22-19-9-5-7-15-6-3-4-8-18(15)19/h3-4,6,8,10-13,19,23H,2,5,7,9,14H2,1H3,(H2,21,22,24). The number of aryl methyl sites for hydroxylation is 1. The van der Waals surface area contributed by atoms with E-state index in [1.165, 1.54) is 11.1 Å². The van der Waals surface area contributed by atoms with Crippen LogP contribution in [0.2, 0.25) is 0 Å². The normalized spacial score (nSPS) is 16.3. The third kappa shape index (κ3) is 5.23. The Morgan fingerprint density at radius 3 is 2.52 bits per heavy atom. The van der Waals surface area contributed by atoms with Crippen molar-refractivity contribution in [2.24, 2.45) is 0 Å². The molecule has 0 aliphatic heterocycles. The number of benzene rings is 2. The number of fused-ring (bicyclic) bond motifs is 1. The van der Waals surface area contributed by atoms with Gasteiger partial charge in [0.05, 0.1) is 11.8 Å². The van der Waals surface area contributed by atoms with Crippen LogP contribution in [0.25, 0.3) is 0 Å². The summed E-state index contributed by atoms with van der Waals surface area (Å²) < 4.78 is 26.1. The van der Waals surface area contributed by atoms with E-state index in [9.17, 15) is 13.2 Å². The first-order valence-corrected chi connectivity index (χ1v) is 10.9. The zero-order valence-corrected chi connectivity index (χ0v) is 16.2. The summed E-state index contributed by atoms with van der Waals surface area (Å²) in [5, 5.41) is 5.84. The predicted molar refractivity (Wildman–Crippen MR) is 108 cm³/mol. The Labute approximate surface area is 160 Å². The molecular weight excluding hydrogens is 362 g/mol. The molecule has 0 radical (unpaired) electrons. The van der Waals surface area contributed by atoms with E-state index in [0.29, 0.717) is 17.8 Å². The molecule has 1 unspecified atom stereocenters. The highest BCUT2D eigenvalue weighted by Crippen LogP contribution is 2.29. The highest BCUT2D eigenvalue weighted by Gasteiger charge is 2.21. The zero-order valence-electron chi connectivity index (χ0n) is 15.4. The zero-order chi connectivity index (χ0) is 19.3. The van der Waals surface area contributed by atoms with E-state index in [-0.39, 0.29) is 17.8 Å². The molecule has 1 aliphatic rings. The van der Waals surface area contributed by atoms with Gasteiger partial charge in [-0.25, -0.2) is 13.2 Å². The first-order chi connectivity index (χ1) is 13.0. The second-order valence-corrected chi connectivity index (χ2v) is 8.58. The third-order valence-electron chi connectivity index (χ3n) is 4.56. The van der Waals surface area contributed by atoms with Crippen LogP contribution in [-0.4, -0.2) is 20.2 Å². The minimum Gasteiger partial charge on any atom is -0.331 e. The van der Waals surface area contributed by atoms with E-state index in [4.69, 9.17) is 0 Å². The molecule has 0 aromatic heterocycles. The van der Waals surface area contributed by atoms with Gasteiger partial charge in [-0.1, -0.05) is 31.2 Å². The van der Waals surface area contributed by atoms with Gasteiger partial charge in [-0.3, -0.25) is 4.72 Å². The molecule has 7 heteroatoms. The van der Waals surface area contributed by atoms with Crippen molar-refractivity contribution in [2.75, 3.05) is 15.8 Å². The molecule has 144 valence electrons. The Morgan fingerprint density at radius 2 is 1.78 bits per heavy atom. The number of rotatable bonds is 6. The molecule has 0 saturated carbocycles. The highest BCUT2D eigenvalue weighted by atomic mass is 32.2. The molecule has 3 rings (SSSR count). The van der Waals surface area contributed by atoms with Crippen molar-refractivity contribution >= 4 is 27.4 Å². The van der Waals surface area contributed by atoms with Crippen LogP contribution >= 0.6 is 0 Å². The summed E-state index contributed by atoms with van der Waals surface area (Å²) in [6.45, 7) is 1.82. The Kier molecular flexibility index (Phi) is 6.01. The van der Waals surface area contributed by atoms with Crippen LogP contribution in [0, 0.1) is 0 Å². The van der Waals surface area contributed by atoms with Crippen LogP contribution in [0.3, 0.4) is 0 Å². The fourth-order valence-corrected chi connectivity index (χ4v) is 4.48. The minimum atomic E-state index is -3.32. The number of carbonyl (C=O) groups excluding carboxylic acids is 1. The predicted octanol–water partition coefficient (Wildman–Crippen LogP) is 4.04. The van der Waals surface area contributed by atoms with Crippen molar-refractivity contribution in [1.29, 1.82) is 0 Å². The monoisotopic (exact) mass is 387 g/mol.